The molecule has 0 radical (unpaired) electrons. The quantitative estimate of drug-likeness (QED) is 0.611. The van der Waals surface area contributed by atoms with Crippen LogP contribution < -0.4 is 4.74 Å². The Labute approximate surface area is 165 Å². The molecule has 2 heterocycles. The third-order valence-corrected chi connectivity index (χ3v) is 3.96. The molecule has 0 fully saturated rings. The minimum absolute atomic E-state index is 0.129. The number of carboxylic acids is 1. The Hall–Kier alpha value is -3.70. The number of aromatic nitrogens is 4. The molecule has 28 heavy (non-hydrogen) atoms. The summed E-state index contributed by atoms with van der Waals surface area (Å²) in [5.74, 6) is -0.671. The van der Waals surface area contributed by atoms with Crippen molar-refractivity contribution in [1.29, 1.82) is 5.26 Å². The summed E-state index contributed by atoms with van der Waals surface area (Å²) >= 11 is 6.26. The van der Waals surface area contributed by atoms with Gasteiger partial charge in [-0.15, -0.1) is 5.10 Å². The normalized spacial score (nSPS) is 11.1. The van der Waals surface area contributed by atoms with Crippen LogP contribution in [0.15, 0.2) is 48.8 Å². The molecular formula is C19H14ClN5O3. The van der Waals surface area contributed by atoms with Crippen LogP contribution in [0.5, 0.6) is 5.75 Å². The molecule has 2 aromatic heterocycles. The van der Waals surface area contributed by atoms with Crippen LogP contribution in [-0.4, -0.2) is 37.7 Å². The van der Waals surface area contributed by atoms with Crippen LogP contribution in [0.25, 0.3) is 11.6 Å². The number of nitriles is 1. The monoisotopic (exact) mass is 395 g/mol. The molecule has 0 saturated heterocycles. The highest BCUT2D eigenvalue weighted by Crippen LogP contribution is 2.27. The molecule has 3 rings (SSSR count). The fraction of sp³-hybridized carbons (Fsp3) is 0.105. The van der Waals surface area contributed by atoms with Crippen molar-refractivity contribution in [3.8, 4) is 11.8 Å². The lowest BCUT2D eigenvalue weighted by atomic mass is 10.1. The van der Waals surface area contributed by atoms with Crippen molar-refractivity contribution in [3.63, 3.8) is 0 Å². The Balaban J connectivity index is 1.66. The summed E-state index contributed by atoms with van der Waals surface area (Å²) in [6.07, 6.45) is 4.64. The number of carbonyl (C=O) groups is 1. The van der Waals surface area contributed by atoms with Crippen LogP contribution in [0.4, 0.5) is 0 Å². The molecule has 0 saturated carbocycles. The van der Waals surface area contributed by atoms with E-state index in [1.54, 1.807) is 42.6 Å². The maximum absolute atomic E-state index is 10.8. The molecule has 140 valence electrons. The highest BCUT2D eigenvalue weighted by molar-refractivity contribution is 6.32. The molecule has 0 unspecified atom stereocenters. The van der Waals surface area contributed by atoms with Crippen molar-refractivity contribution >= 4 is 29.2 Å². The van der Waals surface area contributed by atoms with Crippen molar-refractivity contribution < 1.29 is 14.6 Å². The third kappa shape index (κ3) is 4.72. The summed E-state index contributed by atoms with van der Waals surface area (Å²) in [4.78, 5) is 15.0. The second kappa shape index (κ2) is 8.79. The number of pyridine rings is 1. The minimum Gasteiger partial charge on any atom is -0.490 e. The molecule has 0 amide bonds. The zero-order valence-corrected chi connectivity index (χ0v) is 15.2. The SMILES string of the molecule is N#C/C(=C\c1ccc(OCCn2cc(C(=O)O)nn2)c(Cl)c1)c1ccccn1. The van der Waals surface area contributed by atoms with Gasteiger partial charge in [0.25, 0.3) is 0 Å². The van der Waals surface area contributed by atoms with E-state index in [9.17, 15) is 10.1 Å². The maximum Gasteiger partial charge on any atom is 0.358 e. The summed E-state index contributed by atoms with van der Waals surface area (Å²) in [6.45, 7) is 0.547. The molecule has 1 N–H and O–H groups in total. The molecule has 3 aromatic rings. The van der Waals surface area contributed by atoms with Gasteiger partial charge in [0, 0.05) is 6.20 Å². The van der Waals surface area contributed by atoms with Gasteiger partial charge in [-0.3, -0.25) is 4.98 Å². The predicted molar refractivity (Wildman–Crippen MR) is 102 cm³/mol. The summed E-state index contributed by atoms with van der Waals surface area (Å²) in [5.41, 5.74) is 1.61. The summed E-state index contributed by atoms with van der Waals surface area (Å²) < 4.78 is 6.99. The van der Waals surface area contributed by atoms with E-state index in [0.717, 1.165) is 5.56 Å². The fourth-order valence-corrected chi connectivity index (χ4v) is 2.57. The van der Waals surface area contributed by atoms with Crippen molar-refractivity contribution in [2.24, 2.45) is 0 Å². The Morgan fingerprint density at radius 1 is 1.32 bits per heavy atom. The van der Waals surface area contributed by atoms with Gasteiger partial charge in [-0.2, -0.15) is 5.26 Å². The molecule has 8 nitrogen and oxygen atoms in total. The average Bonchev–Trinajstić information content (AvgIpc) is 3.18. The van der Waals surface area contributed by atoms with Gasteiger partial charge in [-0.05, 0) is 35.9 Å². The third-order valence-electron chi connectivity index (χ3n) is 3.66. The second-order valence-corrected chi connectivity index (χ2v) is 6.00. The maximum atomic E-state index is 10.8. The van der Waals surface area contributed by atoms with Gasteiger partial charge in [-0.1, -0.05) is 28.9 Å². The summed E-state index contributed by atoms with van der Waals surface area (Å²) in [7, 11) is 0. The number of hydrogen-bond donors (Lipinski definition) is 1. The lowest BCUT2D eigenvalue weighted by molar-refractivity contribution is 0.0690. The van der Waals surface area contributed by atoms with Crippen molar-refractivity contribution in [1.82, 2.24) is 20.0 Å². The first-order chi connectivity index (χ1) is 13.6. The number of halogens is 1. The van der Waals surface area contributed by atoms with Gasteiger partial charge in [0.05, 0.1) is 29.0 Å². The number of hydrogen-bond acceptors (Lipinski definition) is 6. The summed E-state index contributed by atoms with van der Waals surface area (Å²) in [6, 6.07) is 12.6. The van der Waals surface area contributed by atoms with Crippen LogP contribution in [0.2, 0.25) is 5.02 Å². The Morgan fingerprint density at radius 3 is 2.82 bits per heavy atom. The minimum atomic E-state index is -1.14. The number of carboxylic acid groups (broad SMARTS) is 1. The summed E-state index contributed by atoms with van der Waals surface area (Å²) in [5, 5.41) is 25.8. The fourth-order valence-electron chi connectivity index (χ4n) is 2.33. The topological polar surface area (TPSA) is 114 Å². The van der Waals surface area contributed by atoms with Gasteiger partial charge < -0.3 is 9.84 Å². The Morgan fingerprint density at radius 2 is 2.18 bits per heavy atom. The molecule has 0 bridgehead atoms. The standard InChI is InChI=1S/C19H14ClN5O3/c20-15-10-13(9-14(11-21)16-3-1-2-6-22-16)4-5-18(15)28-8-7-25-12-17(19(26)27)23-24-25/h1-6,9-10,12H,7-8H2,(H,26,27)/b14-9+. The van der Waals surface area contributed by atoms with Crippen LogP contribution in [-0.2, 0) is 6.54 Å². The van der Waals surface area contributed by atoms with E-state index < -0.39 is 5.97 Å². The van der Waals surface area contributed by atoms with Gasteiger partial charge in [0.2, 0.25) is 0 Å². The van der Waals surface area contributed by atoms with Crippen molar-refractivity contribution in [2.75, 3.05) is 6.61 Å². The van der Waals surface area contributed by atoms with E-state index >= 15 is 0 Å². The number of ether oxygens (including phenoxy) is 1. The Bertz CT molecular complexity index is 1060. The lowest BCUT2D eigenvalue weighted by Crippen LogP contribution is -2.09. The van der Waals surface area contributed by atoms with Crippen LogP contribution in [0.3, 0.4) is 0 Å². The van der Waals surface area contributed by atoms with E-state index in [1.807, 2.05) is 6.07 Å². The molecule has 0 atom stereocenters. The van der Waals surface area contributed by atoms with Gasteiger partial charge in [0.1, 0.15) is 18.4 Å². The van der Waals surface area contributed by atoms with Crippen LogP contribution >= 0.6 is 11.6 Å². The van der Waals surface area contributed by atoms with Gasteiger partial charge in [-0.25, -0.2) is 9.48 Å². The van der Waals surface area contributed by atoms with E-state index in [1.165, 1.54) is 10.9 Å². The smallest absolute Gasteiger partial charge is 0.358 e. The van der Waals surface area contributed by atoms with Crippen molar-refractivity contribution in [3.05, 3.63) is 70.8 Å². The second-order valence-electron chi connectivity index (χ2n) is 5.60. The van der Waals surface area contributed by atoms with E-state index in [4.69, 9.17) is 21.4 Å². The number of nitrogens with zero attached hydrogens (tertiary/aromatic N) is 5. The lowest BCUT2D eigenvalue weighted by Gasteiger charge is -2.08. The first-order valence-electron chi connectivity index (χ1n) is 8.16. The van der Waals surface area contributed by atoms with Crippen LogP contribution in [0, 0.1) is 11.3 Å². The zero-order chi connectivity index (χ0) is 19.9. The van der Waals surface area contributed by atoms with Crippen LogP contribution in [0.1, 0.15) is 21.7 Å². The molecule has 0 spiro atoms. The van der Waals surface area contributed by atoms with Crippen molar-refractivity contribution in [2.45, 2.75) is 6.54 Å². The number of allylic oxidation sites excluding steroid dienone is 1. The van der Waals surface area contributed by atoms with E-state index in [-0.39, 0.29) is 12.3 Å². The predicted octanol–water partition coefficient (Wildman–Crippen LogP) is 3.17. The Kier molecular flexibility index (Phi) is 5.99. The largest absolute Gasteiger partial charge is 0.490 e. The zero-order valence-electron chi connectivity index (χ0n) is 14.5. The van der Waals surface area contributed by atoms with E-state index in [2.05, 4.69) is 21.4 Å². The molecular weight excluding hydrogens is 382 g/mol. The number of aromatic carboxylic acids is 1. The first-order valence-corrected chi connectivity index (χ1v) is 8.53. The van der Waals surface area contributed by atoms with E-state index in [0.29, 0.717) is 28.6 Å². The molecule has 0 aliphatic rings. The number of benzene rings is 1. The van der Waals surface area contributed by atoms with Gasteiger partial charge >= 0.3 is 5.97 Å². The molecule has 1 aromatic carbocycles. The molecule has 0 aliphatic heterocycles. The number of rotatable bonds is 7. The highest BCUT2D eigenvalue weighted by Gasteiger charge is 2.09. The molecule has 9 heteroatoms. The average molecular weight is 396 g/mol. The van der Waals surface area contributed by atoms with Gasteiger partial charge in [0.15, 0.2) is 5.69 Å². The molecule has 0 aliphatic carbocycles. The first kappa shape index (κ1) is 19.1. The highest BCUT2D eigenvalue weighted by atomic mass is 35.5.